The van der Waals surface area contributed by atoms with E-state index in [1.807, 2.05) is 12.1 Å². The number of aliphatic imine (C=N–C) groups is 1. The lowest BCUT2D eigenvalue weighted by Crippen LogP contribution is -2.42. The van der Waals surface area contributed by atoms with Crippen molar-refractivity contribution in [3.8, 4) is 0 Å². The lowest BCUT2D eigenvalue weighted by Gasteiger charge is -2.35. The van der Waals surface area contributed by atoms with E-state index < -0.39 is 0 Å². The van der Waals surface area contributed by atoms with Gasteiger partial charge in [0.2, 0.25) is 0 Å². The van der Waals surface area contributed by atoms with Gasteiger partial charge in [-0.25, -0.2) is 9.97 Å². The molecule has 37 heavy (non-hydrogen) atoms. The predicted octanol–water partition coefficient (Wildman–Crippen LogP) is 5.59. The number of pyridine rings is 2. The highest BCUT2D eigenvalue weighted by Crippen LogP contribution is 2.30. The Kier molecular flexibility index (Phi) is 7.58. The maximum absolute atomic E-state index is 13.1. The van der Waals surface area contributed by atoms with Gasteiger partial charge in [-0.1, -0.05) is 36.9 Å². The molecule has 1 fully saturated rings. The predicted molar refractivity (Wildman–Crippen MR) is 155 cm³/mol. The molecule has 1 N–H and O–H groups in total. The van der Waals surface area contributed by atoms with E-state index in [-0.39, 0.29) is 11.9 Å². The van der Waals surface area contributed by atoms with Crippen molar-refractivity contribution in [1.82, 2.24) is 14.9 Å². The van der Waals surface area contributed by atoms with Gasteiger partial charge < -0.3 is 15.1 Å². The first-order valence-electron chi connectivity index (χ1n) is 12.9. The summed E-state index contributed by atoms with van der Waals surface area (Å²) in [5.74, 6) is 1.15. The maximum atomic E-state index is 13.1. The smallest absolute Gasteiger partial charge is 0.257 e. The lowest BCUT2D eigenvalue weighted by atomic mass is 10.0. The van der Waals surface area contributed by atoms with E-state index in [0.29, 0.717) is 17.4 Å². The van der Waals surface area contributed by atoms with Crippen LogP contribution in [0.4, 0.5) is 11.6 Å². The van der Waals surface area contributed by atoms with Gasteiger partial charge in [-0.05, 0) is 80.9 Å². The fourth-order valence-corrected chi connectivity index (χ4v) is 5.83. The number of amides is 1. The number of piperidine rings is 1. The quantitative estimate of drug-likeness (QED) is 0.462. The third-order valence-corrected chi connectivity index (χ3v) is 8.19. The number of fused-ring (bicyclic) bond motifs is 1. The zero-order valence-electron chi connectivity index (χ0n) is 21.9. The molecule has 2 aromatic heterocycles. The van der Waals surface area contributed by atoms with Gasteiger partial charge >= 0.3 is 0 Å². The van der Waals surface area contributed by atoms with Crippen molar-refractivity contribution >= 4 is 45.1 Å². The zero-order chi connectivity index (χ0) is 25.9. The summed E-state index contributed by atoms with van der Waals surface area (Å²) >= 11 is 1.71. The average molecular weight is 515 g/mol. The number of carbonyl (C=O) groups excluding carboxylic acids is 1. The van der Waals surface area contributed by atoms with E-state index in [0.717, 1.165) is 59.5 Å². The second kappa shape index (κ2) is 11.0. The number of anilines is 2. The molecule has 1 saturated heterocycles. The monoisotopic (exact) mass is 514 g/mol. The van der Waals surface area contributed by atoms with Crippen molar-refractivity contribution in [2.45, 2.75) is 45.2 Å². The summed E-state index contributed by atoms with van der Waals surface area (Å²) in [7, 11) is 4.22. The van der Waals surface area contributed by atoms with Crippen molar-refractivity contribution in [3.05, 3.63) is 70.9 Å². The Balaban J connectivity index is 1.33. The number of nitrogens with zero attached hydrogens (tertiary/aromatic N) is 5. The number of allylic oxidation sites excluding steroid dienone is 1. The molecule has 0 saturated carbocycles. The molecule has 1 atom stereocenters. The summed E-state index contributed by atoms with van der Waals surface area (Å²) in [5, 5.41) is 6.05. The third kappa shape index (κ3) is 5.86. The molecular formula is C29H34N6OS. The van der Waals surface area contributed by atoms with Crippen molar-refractivity contribution in [3.63, 3.8) is 0 Å². The van der Waals surface area contributed by atoms with Crippen LogP contribution in [0.5, 0.6) is 0 Å². The summed E-state index contributed by atoms with van der Waals surface area (Å²) in [6.07, 6.45) is 8.90. The topological polar surface area (TPSA) is 73.7 Å². The highest BCUT2D eigenvalue weighted by atomic mass is 32.2. The molecule has 5 rings (SSSR count). The Morgan fingerprint density at radius 1 is 1.14 bits per heavy atom. The van der Waals surface area contributed by atoms with Crippen LogP contribution in [0.2, 0.25) is 0 Å². The Morgan fingerprint density at radius 2 is 1.95 bits per heavy atom. The van der Waals surface area contributed by atoms with Gasteiger partial charge in [0.1, 0.15) is 16.7 Å². The van der Waals surface area contributed by atoms with Crippen LogP contribution in [0.1, 0.15) is 49.0 Å². The molecule has 0 spiro atoms. The minimum atomic E-state index is -0.192. The minimum Gasteiger partial charge on any atom is -0.357 e. The van der Waals surface area contributed by atoms with Crippen molar-refractivity contribution in [2.24, 2.45) is 4.99 Å². The van der Waals surface area contributed by atoms with Gasteiger partial charge in [-0.2, -0.15) is 0 Å². The maximum Gasteiger partial charge on any atom is 0.257 e. The van der Waals surface area contributed by atoms with Crippen LogP contribution in [-0.2, 0) is 0 Å². The van der Waals surface area contributed by atoms with E-state index >= 15 is 0 Å². The van der Waals surface area contributed by atoms with E-state index in [4.69, 9.17) is 4.99 Å². The Bertz CT molecular complexity index is 1360. The van der Waals surface area contributed by atoms with Gasteiger partial charge in [-0.15, -0.1) is 0 Å². The Hall–Kier alpha value is -3.23. The summed E-state index contributed by atoms with van der Waals surface area (Å²) < 4.78 is 0. The zero-order valence-corrected chi connectivity index (χ0v) is 22.8. The number of hydrogen-bond acceptors (Lipinski definition) is 7. The number of likely N-dealkylation sites (tertiary alicyclic amines) is 1. The Morgan fingerprint density at radius 3 is 2.73 bits per heavy atom. The fourth-order valence-electron chi connectivity index (χ4n) is 4.87. The largest absolute Gasteiger partial charge is 0.357 e. The minimum absolute atomic E-state index is 0.192. The van der Waals surface area contributed by atoms with E-state index in [9.17, 15) is 4.79 Å². The highest BCUT2D eigenvalue weighted by molar-refractivity contribution is 8.17. The van der Waals surface area contributed by atoms with E-state index in [1.165, 1.54) is 4.91 Å². The van der Waals surface area contributed by atoms with Crippen LogP contribution < -0.4 is 10.2 Å². The standard InChI is InChI=1S/C29H34N6OS/c1-5-24-14-19(2)37-29(32-24)21-6-7-22-18-31-26(16-23(22)15-21)33-28(36)20-8-11-30-27(17-20)35(4)25-9-12-34(3)13-10-25/h6-8,11,14-18,24-25H,5,9-10,12-13H2,1-4H3,(H,31,33,36)/t24-/m0/s1. The van der Waals surface area contributed by atoms with Gasteiger partial charge in [0.25, 0.3) is 5.91 Å². The van der Waals surface area contributed by atoms with Crippen LogP contribution >= 0.6 is 11.8 Å². The van der Waals surface area contributed by atoms with Gasteiger partial charge in [0, 0.05) is 42.0 Å². The second-order valence-electron chi connectivity index (χ2n) is 9.92. The highest BCUT2D eigenvalue weighted by Gasteiger charge is 2.22. The SMILES string of the molecule is CC[C@H]1C=C(C)SC(c2ccc3cnc(NC(=O)c4ccnc(N(C)C5CCN(C)CC5)c4)cc3c2)=N1. The molecular weight excluding hydrogens is 480 g/mol. The van der Waals surface area contributed by atoms with Crippen LogP contribution in [-0.4, -0.2) is 65.1 Å². The Labute approximate surface area is 223 Å². The van der Waals surface area contributed by atoms with Crippen LogP contribution in [0, 0.1) is 0 Å². The van der Waals surface area contributed by atoms with Crippen LogP contribution in [0.3, 0.4) is 0 Å². The normalized spacial score (nSPS) is 18.9. The summed E-state index contributed by atoms with van der Waals surface area (Å²) in [4.78, 5) is 32.9. The second-order valence-corrected chi connectivity index (χ2v) is 11.2. The third-order valence-electron chi connectivity index (χ3n) is 7.20. The van der Waals surface area contributed by atoms with Crippen molar-refractivity contribution < 1.29 is 4.79 Å². The number of carbonyl (C=O) groups is 1. The first-order chi connectivity index (χ1) is 17.9. The average Bonchev–Trinajstić information content (AvgIpc) is 2.92. The van der Waals surface area contributed by atoms with E-state index in [1.54, 1.807) is 30.2 Å². The molecule has 2 aliphatic heterocycles. The summed E-state index contributed by atoms with van der Waals surface area (Å²) in [5.41, 5.74) is 1.66. The molecule has 4 heterocycles. The van der Waals surface area contributed by atoms with E-state index in [2.05, 4.69) is 77.3 Å². The number of rotatable bonds is 6. The van der Waals surface area contributed by atoms with Gasteiger partial charge in [0.05, 0.1) is 6.04 Å². The van der Waals surface area contributed by atoms with Crippen LogP contribution in [0.25, 0.3) is 10.8 Å². The molecule has 0 aliphatic carbocycles. The van der Waals surface area contributed by atoms with Gasteiger partial charge in [-0.3, -0.25) is 9.79 Å². The first kappa shape index (κ1) is 25.4. The molecule has 7 nitrogen and oxygen atoms in total. The number of thioether (sulfide) groups is 1. The first-order valence-corrected chi connectivity index (χ1v) is 13.7. The number of benzene rings is 1. The molecule has 8 heteroatoms. The molecule has 0 radical (unpaired) electrons. The molecule has 3 aromatic rings. The lowest BCUT2D eigenvalue weighted by molar-refractivity contribution is 0.102. The molecule has 1 aromatic carbocycles. The summed E-state index contributed by atoms with van der Waals surface area (Å²) in [6.45, 7) is 6.44. The molecule has 0 unspecified atom stereocenters. The molecule has 1 amide bonds. The number of nitrogens with one attached hydrogen (secondary N) is 1. The van der Waals surface area contributed by atoms with Crippen LogP contribution in [0.15, 0.2) is 64.8 Å². The van der Waals surface area contributed by atoms with Crippen molar-refractivity contribution in [2.75, 3.05) is 37.4 Å². The molecule has 2 aliphatic rings. The summed E-state index contributed by atoms with van der Waals surface area (Å²) in [6, 6.07) is 12.5. The number of aromatic nitrogens is 2. The number of hydrogen-bond donors (Lipinski definition) is 1. The van der Waals surface area contributed by atoms with Crippen molar-refractivity contribution in [1.29, 1.82) is 0 Å². The molecule has 192 valence electrons. The van der Waals surface area contributed by atoms with Gasteiger partial charge in [0.15, 0.2) is 0 Å². The molecule has 0 bridgehead atoms. The fraction of sp³-hybridized carbons (Fsp3) is 0.379.